The maximum absolute atomic E-state index is 13.2. The number of benzene rings is 1. The Balaban J connectivity index is 1.99. The molecule has 0 atom stereocenters. The van der Waals surface area contributed by atoms with Crippen molar-refractivity contribution in [2.24, 2.45) is 5.92 Å². The van der Waals surface area contributed by atoms with E-state index in [-0.39, 0.29) is 11.7 Å². The zero-order valence-corrected chi connectivity index (χ0v) is 11.6. The van der Waals surface area contributed by atoms with Gasteiger partial charge in [-0.2, -0.15) is 0 Å². The highest BCUT2D eigenvalue weighted by atomic mass is 19.1. The van der Waals surface area contributed by atoms with Crippen molar-refractivity contribution in [1.82, 2.24) is 10.2 Å². The largest absolute Gasteiger partial charge is 0.341 e. The van der Waals surface area contributed by atoms with Crippen LogP contribution in [-0.2, 0) is 0 Å². The number of halogens is 1. The number of amides is 1. The molecule has 1 N–H and O–H groups in total. The fourth-order valence-corrected chi connectivity index (χ4v) is 2.53. The first-order valence-corrected chi connectivity index (χ1v) is 6.80. The Kier molecular flexibility index (Phi) is 4.53. The van der Waals surface area contributed by atoms with E-state index < -0.39 is 0 Å². The van der Waals surface area contributed by atoms with E-state index in [1.165, 1.54) is 6.07 Å². The number of carbonyl (C=O) groups excluding carboxylic acids is 1. The van der Waals surface area contributed by atoms with Crippen LogP contribution in [0.3, 0.4) is 0 Å². The summed E-state index contributed by atoms with van der Waals surface area (Å²) in [5.41, 5.74) is 1.08. The summed E-state index contributed by atoms with van der Waals surface area (Å²) in [4.78, 5) is 14.0. The first kappa shape index (κ1) is 14.0. The van der Waals surface area contributed by atoms with Crippen molar-refractivity contribution >= 4 is 5.91 Å². The topological polar surface area (TPSA) is 32.3 Å². The number of aryl methyl sites for hydroxylation is 1. The molecule has 1 aromatic rings. The van der Waals surface area contributed by atoms with Crippen LogP contribution in [0.4, 0.5) is 4.39 Å². The second-order valence-corrected chi connectivity index (χ2v) is 5.34. The highest BCUT2D eigenvalue weighted by Crippen LogP contribution is 2.15. The number of piperidine rings is 1. The van der Waals surface area contributed by atoms with Crippen LogP contribution in [0.15, 0.2) is 18.2 Å². The third-order valence-corrected chi connectivity index (χ3v) is 3.74. The molecular formula is C15H21FN2O. The van der Waals surface area contributed by atoms with E-state index in [1.807, 2.05) is 7.05 Å². The number of carbonyl (C=O) groups is 1. The van der Waals surface area contributed by atoms with Gasteiger partial charge in [0.15, 0.2) is 0 Å². The molecule has 0 spiro atoms. The molecule has 1 amide bonds. The predicted octanol–water partition coefficient (Wildman–Crippen LogP) is 2.21. The van der Waals surface area contributed by atoms with Gasteiger partial charge in [-0.25, -0.2) is 4.39 Å². The molecule has 1 aromatic carbocycles. The van der Waals surface area contributed by atoms with Gasteiger partial charge in [0.2, 0.25) is 0 Å². The minimum absolute atomic E-state index is 0.0263. The normalized spacial score (nSPS) is 16.4. The average Bonchev–Trinajstić information content (AvgIpc) is 2.42. The molecule has 1 aliphatic rings. The summed E-state index contributed by atoms with van der Waals surface area (Å²) in [6.45, 7) is 4.51. The molecule has 4 heteroatoms. The van der Waals surface area contributed by atoms with E-state index >= 15 is 0 Å². The minimum atomic E-state index is -0.266. The molecule has 19 heavy (non-hydrogen) atoms. The molecule has 0 radical (unpaired) electrons. The van der Waals surface area contributed by atoms with Crippen molar-refractivity contribution < 1.29 is 9.18 Å². The molecule has 104 valence electrons. The molecule has 1 heterocycles. The zero-order valence-electron chi connectivity index (χ0n) is 11.6. The highest BCUT2D eigenvalue weighted by Gasteiger charge is 2.19. The van der Waals surface area contributed by atoms with Crippen molar-refractivity contribution in [1.29, 1.82) is 0 Å². The first-order chi connectivity index (χ1) is 9.08. The summed E-state index contributed by atoms with van der Waals surface area (Å²) in [6.07, 6.45) is 2.22. The molecule has 0 bridgehead atoms. The van der Waals surface area contributed by atoms with Crippen molar-refractivity contribution in [3.63, 3.8) is 0 Å². The highest BCUT2D eigenvalue weighted by molar-refractivity contribution is 5.94. The molecule has 1 aliphatic heterocycles. The molecular weight excluding hydrogens is 243 g/mol. The maximum Gasteiger partial charge on any atom is 0.253 e. The Morgan fingerprint density at radius 3 is 2.74 bits per heavy atom. The van der Waals surface area contributed by atoms with Crippen LogP contribution in [-0.4, -0.2) is 37.5 Å². The Hall–Kier alpha value is -1.42. The van der Waals surface area contributed by atoms with Gasteiger partial charge in [-0.3, -0.25) is 4.79 Å². The van der Waals surface area contributed by atoms with E-state index in [9.17, 15) is 9.18 Å². The maximum atomic E-state index is 13.2. The summed E-state index contributed by atoms with van der Waals surface area (Å²) >= 11 is 0. The molecule has 0 aromatic heterocycles. The van der Waals surface area contributed by atoms with Crippen molar-refractivity contribution in [2.45, 2.75) is 19.8 Å². The Bertz CT molecular complexity index is 455. The fourth-order valence-electron chi connectivity index (χ4n) is 2.53. The van der Waals surface area contributed by atoms with E-state index in [0.717, 1.165) is 32.5 Å². The van der Waals surface area contributed by atoms with Gasteiger partial charge < -0.3 is 10.2 Å². The summed E-state index contributed by atoms with van der Waals surface area (Å²) in [5.74, 6) is 0.274. The summed E-state index contributed by atoms with van der Waals surface area (Å²) < 4.78 is 13.2. The molecule has 0 saturated carbocycles. The lowest BCUT2D eigenvalue weighted by Gasteiger charge is -2.27. The Labute approximate surface area is 113 Å². The number of rotatable bonds is 3. The summed E-state index contributed by atoms with van der Waals surface area (Å²) in [6, 6.07) is 4.54. The van der Waals surface area contributed by atoms with E-state index in [4.69, 9.17) is 0 Å². The molecule has 1 saturated heterocycles. The van der Waals surface area contributed by atoms with Crippen LogP contribution in [0.5, 0.6) is 0 Å². The van der Waals surface area contributed by atoms with Crippen LogP contribution < -0.4 is 5.32 Å². The summed E-state index contributed by atoms with van der Waals surface area (Å²) in [5, 5.41) is 3.32. The number of hydrogen-bond acceptors (Lipinski definition) is 2. The second-order valence-electron chi connectivity index (χ2n) is 5.34. The van der Waals surface area contributed by atoms with Gasteiger partial charge in [0.05, 0.1) is 0 Å². The Morgan fingerprint density at radius 1 is 1.42 bits per heavy atom. The third-order valence-electron chi connectivity index (χ3n) is 3.74. The van der Waals surface area contributed by atoms with Crippen LogP contribution in [0.1, 0.15) is 28.8 Å². The lowest BCUT2D eigenvalue weighted by atomic mass is 9.97. The lowest BCUT2D eigenvalue weighted by Crippen LogP contribution is -2.37. The van der Waals surface area contributed by atoms with E-state index in [2.05, 4.69) is 5.32 Å². The monoisotopic (exact) mass is 264 g/mol. The van der Waals surface area contributed by atoms with Gasteiger partial charge >= 0.3 is 0 Å². The van der Waals surface area contributed by atoms with Crippen LogP contribution in [0.25, 0.3) is 0 Å². The number of hydrogen-bond donors (Lipinski definition) is 1. The Morgan fingerprint density at radius 2 is 2.11 bits per heavy atom. The molecule has 0 aliphatic carbocycles. The quantitative estimate of drug-likeness (QED) is 0.907. The smallest absolute Gasteiger partial charge is 0.253 e. The van der Waals surface area contributed by atoms with Gasteiger partial charge in [0.25, 0.3) is 5.91 Å². The van der Waals surface area contributed by atoms with Gasteiger partial charge in [0.1, 0.15) is 5.82 Å². The molecule has 3 nitrogen and oxygen atoms in total. The predicted molar refractivity (Wildman–Crippen MR) is 73.7 cm³/mol. The molecule has 2 rings (SSSR count). The standard InChI is InChI=1S/C15H21FN2O/c1-11-9-13(3-4-14(11)16)15(19)18(2)10-12-5-7-17-8-6-12/h3-4,9,12,17H,5-8,10H2,1-2H3. The molecule has 0 unspecified atom stereocenters. The fraction of sp³-hybridized carbons (Fsp3) is 0.533. The second kappa shape index (κ2) is 6.15. The van der Waals surface area contributed by atoms with Crippen LogP contribution >= 0.6 is 0 Å². The van der Waals surface area contributed by atoms with Gasteiger partial charge in [-0.15, -0.1) is 0 Å². The average molecular weight is 264 g/mol. The van der Waals surface area contributed by atoms with Gasteiger partial charge in [-0.05, 0) is 62.5 Å². The van der Waals surface area contributed by atoms with Crippen LogP contribution in [0.2, 0.25) is 0 Å². The van der Waals surface area contributed by atoms with Crippen molar-refractivity contribution in [3.8, 4) is 0 Å². The van der Waals surface area contributed by atoms with Gasteiger partial charge in [-0.1, -0.05) is 0 Å². The van der Waals surface area contributed by atoms with Crippen LogP contribution in [0, 0.1) is 18.7 Å². The zero-order chi connectivity index (χ0) is 13.8. The lowest BCUT2D eigenvalue weighted by molar-refractivity contribution is 0.0762. The van der Waals surface area contributed by atoms with E-state index in [1.54, 1.807) is 24.0 Å². The first-order valence-electron chi connectivity index (χ1n) is 6.80. The number of nitrogens with one attached hydrogen (secondary N) is 1. The van der Waals surface area contributed by atoms with Crippen molar-refractivity contribution in [3.05, 3.63) is 35.1 Å². The minimum Gasteiger partial charge on any atom is -0.341 e. The van der Waals surface area contributed by atoms with Crippen molar-refractivity contribution in [2.75, 3.05) is 26.7 Å². The summed E-state index contributed by atoms with van der Waals surface area (Å²) in [7, 11) is 1.82. The number of nitrogens with zero attached hydrogens (tertiary/aromatic N) is 1. The van der Waals surface area contributed by atoms with E-state index in [0.29, 0.717) is 17.0 Å². The third kappa shape index (κ3) is 3.53. The van der Waals surface area contributed by atoms with Gasteiger partial charge in [0, 0.05) is 19.2 Å². The molecule has 1 fully saturated rings. The SMILES string of the molecule is Cc1cc(C(=O)N(C)CC2CCNCC2)ccc1F.